The highest BCUT2D eigenvalue weighted by Gasteiger charge is 2.27. The lowest BCUT2D eigenvalue weighted by Crippen LogP contribution is -2.29. The number of rotatable bonds is 3. The van der Waals surface area contributed by atoms with Crippen molar-refractivity contribution in [3.63, 3.8) is 0 Å². The van der Waals surface area contributed by atoms with Gasteiger partial charge >= 0.3 is 0 Å². The van der Waals surface area contributed by atoms with E-state index in [0.29, 0.717) is 6.04 Å². The molecule has 1 aliphatic heterocycles. The molecule has 1 aliphatic rings. The lowest BCUT2D eigenvalue weighted by Gasteiger charge is -2.24. The Balaban J connectivity index is 2.06. The van der Waals surface area contributed by atoms with Crippen molar-refractivity contribution in [3.05, 3.63) is 17.3 Å². The van der Waals surface area contributed by atoms with Crippen LogP contribution >= 0.6 is 11.3 Å². The molecule has 17 heavy (non-hydrogen) atoms. The summed E-state index contributed by atoms with van der Waals surface area (Å²) in [5.41, 5.74) is 0.932. The van der Waals surface area contributed by atoms with E-state index in [2.05, 4.69) is 16.8 Å². The van der Waals surface area contributed by atoms with Gasteiger partial charge in [-0.05, 0) is 19.3 Å². The van der Waals surface area contributed by atoms with E-state index >= 15 is 0 Å². The summed E-state index contributed by atoms with van der Waals surface area (Å²) >= 11 is 1.62. The van der Waals surface area contributed by atoms with Gasteiger partial charge in [-0.3, -0.25) is 4.40 Å². The molecule has 1 fully saturated rings. The van der Waals surface area contributed by atoms with Gasteiger partial charge in [0.2, 0.25) is 0 Å². The van der Waals surface area contributed by atoms with Gasteiger partial charge in [-0.2, -0.15) is 0 Å². The third-order valence-corrected chi connectivity index (χ3v) is 4.37. The summed E-state index contributed by atoms with van der Waals surface area (Å²) in [6, 6.07) is 0.588. The van der Waals surface area contributed by atoms with Crippen LogP contribution in [0.1, 0.15) is 31.9 Å². The molecule has 2 aromatic heterocycles. The van der Waals surface area contributed by atoms with Crippen LogP contribution in [0, 0.1) is 0 Å². The Labute approximate surface area is 105 Å². The topological polar surface area (TPSA) is 40.8 Å². The molecule has 3 rings (SSSR count). The summed E-state index contributed by atoms with van der Waals surface area (Å²) in [4.78, 5) is 8.02. The summed E-state index contributed by atoms with van der Waals surface area (Å²) < 4.78 is 2.00. The molecular formula is C12H17N3OS. The summed E-state index contributed by atoms with van der Waals surface area (Å²) in [6.45, 7) is 3.34. The number of hydrogen-bond donors (Lipinski definition) is 1. The lowest BCUT2D eigenvalue weighted by atomic mass is 10.2. The summed E-state index contributed by atoms with van der Waals surface area (Å²) in [5.74, 6) is 0.990. The minimum absolute atomic E-state index is 0.0557. The molecule has 1 N–H and O–H groups in total. The van der Waals surface area contributed by atoms with Crippen molar-refractivity contribution in [2.45, 2.75) is 38.8 Å². The van der Waals surface area contributed by atoms with Gasteiger partial charge in [-0.15, -0.1) is 11.3 Å². The molecule has 0 aromatic carbocycles. The quantitative estimate of drug-likeness (QED) is 0.909. The summed E-state index contributed by atoms with van der Waals surface area (Å²) in [7, 11) is 0. The number of aliphatic hydroxyl groups is 1. The zero-order valence-electron chi connectivity index (χ0n) is 9.96. The van der Waals surface area contributed by atoms with Crippen LogP contribution in [0.4, 0.5) is 5.82 Å². The van der Waals surface area contributed by atoms with E-state index < -0.39 is 0 Å². The molecule has 0 spiro atoms. The highest BCUT2D eigenvalue weighted by Crippen LogP contribution is 2.31. The molecule has 0 saturated carbocycles. The number of nitrogens with zero attached hydrogens (tertiary/aromatic N) is 3. The van der Waals surface area contributed by atoms with E-state index in [-0.39, 0.29) is 6.61 Å². The highest BCUT2D eigenvalue weighted by atomic mass is 32.1. The van der Waals surface area contributed by atoms with Crippen molar-refractivity contribution in [2.24, 2.45) is 0 Å². The second-order valence-electron chi connectivity index (χ2n) is 4.49. The Bertz CT molecular complexity index is 519. The number of aromatic nitrogens is 2. The zero-order valence-corrected chi connectivity index (χ0v) is 10.8. The molecule has 0 bridgehead atoms. The van der Waals surface area contributed by atoms with Crippen LogP contribution in [0.25, 0.3) is 4.96 Å². The van der Waals surface area contributed by atoms with Gasteiger partial charge in [0.1, 0.15) is 0 Å². The van der Waals surface area contributed by atoms with Crippen molar-refractivity contribution in [1.29, 1.82) is 0 Å². The minimum Gasteiger partial charge on any atom is -0.390 e. The number of fused-ring (bicyclic) bond motifs is 1. The molecular weight excluding hydrogens is 234 g/mol. The van der Waals surface area contributed by atoms with E-state index in [1.54, 1.807) is 11.3 Å². The minimum atomic E-state index is 0.0557. The Morgan fingerprint density at radius 2 is 2.47 bits per heavy atom. The van der Waals surface area contributed by atoms with Crippen LogP contribution in [0.2, 0.25) is 0 Å². The molecule has 1 atom stereocenters. The Hall–Kier alpha value is -1.07. The first-order chi connectivity index (χ1) is 8.35. The van der Waals surface area contributed by atoms with E-state index in [9.17, 15) is 5.11 Å². The molecule has 1 unspecified atom stereocenters. The molecule has 0 radical (unpaired) electrons. The van der Waals surface area contributed by atoms with Gasteiger partial charge in [0, 0.05) is 24.2 Å². The first-order valence-electron chi connectivity index (χ1n) is 6.17. The SMILES string of the molecule is CCC1CCCN1c1nc2sccn2c1CO. The zero-order chi connectivity index (χ0) is 11.8. The van der Waals surface area contributed by atoms with E-state index in [1.807, 2.05) is 16.0 Å². The Morgan fingerprint density at radius 3 is 3.24 bits per heavy atom. The third-order valence-electron chi connectivity index (χ3n) is 3.61. The molecule has 2 aromatic rings. The van der Waals surface area contributed by atoms with Crippen molar-refractivity contribution < 1.29 is 5.11 Å². The van der Waals surface area contributed by atoms with Crippen LogP contribution in [0.5, 0.6) is 0 Å². The molecule has 1 saturated heterocycles. The van der Waals surface area contributed by atoms with Crippen molar-refractivity contribution in [3.8, 4) is 0 Å². The van der Waals surface area contributed by atoms with Gasteiger partial charge in [-0.1, -0.05) is 6.92 Å². The largest absolute Gasteiger partial charge is 0.390 e. The Kier molecular flexibility index (Phi) is 2.80. The van der Waals surface area contributed by atoms with E-state index in [0.717, 1.165) is 29.4 Å². The molecule has 0 amide bonds. The first-order valence-corrected chi connectivity index (χ1v) is 7.05. The van der Waals surface area contributed by atoms with E-state index in [4.69, 9.17) is 0 Å². The lowest BCUT2D eigenvalue weighted by molar-refractivity contribution is 0.276. The highest BCUT2D eigenvalue weighted by molar-refractivity contribution is 7.15. The van der Waals surface area contributed by atoms with Crippen LogP contribution in [0.3, 0.4) is 0 Å². The van der Waals surface area contributed by atoms with Crippen LogP contribution in [-0.2, 0) is 6.61 Å². The number of thiazole rings is 1. The van der Waals surface area contributed by atoms with Crippen LogP contribution in [0.15, 0.2) is 11.6 Å². The standard InChI is InChI=1S/C12H17N3OS/c1-2-9-4-3-5-14(9)11-10(8-16)15-6-7-17-12(15)13-11/h6-7,9,16H,2-5,8H2,1H3. The molecule has 5 heteroatoms. The average molecular weight is 251 g/mol. The number of anilines is 1. The number of imidazole rings is 1. The van der Waals surface area contributed by atoms with Gasteiger partial charge in [-0.25, -0.2) is 4.98 Å². The van der Waals surface area contributed by atoms with Crippen molar-refractivity contribution in [2.75, 3.05) is 11.4 Å². The first kappa shape index (κ1) is 11.0. The smallest absolute Gasteiger partial charge is 0.195 e. The van der Waals surface area contributed by atoms with Gasteiger partial charge in [0.05, 0.1) is 12.3 Å². The molecule has 92 valence electrons. The van der Waals surface area contributed by atoms with Crippen molar-refractivity contribution >= 4 is 22.1 Å². The number of aliphatic hydroxyl groups excluding tert-OH is 1. The fraction of sp³-hybridized carbons (Fsp3) is 0.583. The van der Waals surface area contributed by atoms with Gasteiger partial charge < -0.3 is 10.0 Å². The fourth-order valence-corrected chi connectivity index (χ4v) is 3.47. The monoisotopic (exact) mass is 251 g/mol. The van der Waals surface area contributed by atoms with Gasteiger partial charge in [0.25, 0.3) is 0 Å². The fourth-order valence-electron chi connectivity index (χ4n) is 2.74. The van der Waals surface area contributed by atoms with E-state index in [1.165, 1.54) is 12.8 Å². The molecule has 4 nitrogen and oxygen atoms in total. The maximum Gasteiger partial charge on any atom is 0.195 e. The summed E-state index contributed by atoms with van der Waals surface area (Å²) in [6.07, 6.45) is 5.61. The van der Waals surface area contributed by atoms with Crippen LogP contribution in [-0.4, -0.2) is 27.1 Å². The Morgan fingerprint density at radius 1 is 1.59 bits per heavy atom. The average Bonchev–Trinajstić information content (AvgIpc) is 3.02. The summed E-state index contributed by atoms with van der Waals surface area (Å²) in [5, 5.41) is 11.6. The predicted molar refractivity (Wildman–Crippen MR) is 69.7 cm³/mol. The second kappa shape index (κ2) is 4.31. The maximum absolute atomic E-state index is 9.56. The van der Waals surface area contributed by atoms with Crippen molar-refractivity contribution in [1.82, 2.24) is 9.38 Å². The maximum atomic E-state index is 9.56. The molecule has 0 aliphatic carbocycles. The normalized spacial score (nSPS) is 20.6. The predicted octanol–water partition coefficient (Wildman–Crippen LogP) is 2.27. The third kappa shape index (κ3) is 1.65. The van der Waals surface area contributed by atoms with Gasteiger partial charge in [0.15, 0.2) is 10.8 Å². The molecule has 3 heterocycles. The second-order valence-corrected chi connectivity index (χ2v) is 5.37. The number of hydrogen-bond acceptors (Lipinski definition) is 4. The van der Waals surface area contributed by atoms with Crippen LogP contribution < -0.4 is 4.90 Å².